The van der Waals surface area contributed by atoms with E-state index in [1.807, 2.05) is 0 Å². The number of benzene rings is 1. The Morgan fingerprint density at radius 1 is 1.11 bits per heavy atom. The van der Waals surface area contributed by atoms with Gasteiger partial charge in [0.15, 0.2) is 0 Å². The fourth-order valence-electron chi connectivity index (χ4n) is 4.73. The molecule has 0 aromatic heterocycles. The Hall–Kier alpha value is -1.66. The van der Waals surface area contributed by atoms with E-state index in [4.69, 9.17) is 0 Å². The van der Waals surface area contributed by atoms with Gasteiger partial charge in [-0.3, -0.25) is 4.79 Å². The zero-order valence-corrected chi connectivity index (χ0v) is 16.2. The second kappa shape index (κ2) is 6.17. The third-order valence-electron chi connectivity index (χ3n) is 6.66. The molecule has 1 spiro atoms. The van der Waals surface area contributed by atoms with Crippen molar-refractivity contribution in [1.82, 2.24) is 9.62 Å². The van der Waals surface area contributed by atoms with Crippen molar-refractivity contribution < 1.29 is 13.2 Å². The maximum Gasteiger partial charge on any atom is 0.246 e. The van der Waals surface area contributed by atoms with E-state index >= 15 is 0 Å². The van der Waals surface area contributed by atoms with Crippen molar-refractivity contribution in [2.75, 3.05) is 6.54 Å². The van der Waals surface area contributed by atoms with Gasteiger partial charge < -0.3 is 4.90 Å². The van der Waals surface area contributed by atoms with Crippen molar-refractivity contribution in [2.24, 2.45) is 11.3 Å². The molecule has 1 amide bonds. The van der Waals surface area contributed by atoms with Crippen LogP contribution < -0.4 is 4.72 Å². The Bertz CT molecular complexity index is 879. The van der Waals surface area contributed by atoms with E-state index in [2.05, 4.69) is 9.62 Å². The molecular weight excluding hydrogens is 360 g/mol. The lowest BCUT2D eigenvalue weighted by Gasteiger charge is -2.62. The standard InChI is InChI=1S/C21H26N2O3S/c24-19(23-14-21(12-1-13-21)20(23)16-5-6-16)11-4-15-2-9-18(10-3-15)27(25,26)22-17-7-8-17/h2-4,9-11,16-17,20,22H,1,5-8,12-14H2/b11-4+. The number of hydrogen-bond donors (Lipinski definition) is 1. The number of nitrogens with zero attached hydrogens (tertiary/aromatic N) is 1. The molecule has 1 aliphatic heterocycles. The first kappa shape index (κ1) is 17.4. The molecule has 5 nitrogen and oxygen atoms in total. The summed E-state index contributed by atoms with van der Waals surface area (Å²) in [5.41, 5.74) is 1.28. The molecule has 1 aromatic rings. The highest BCUT2D eigenvalue weighted by Gasteiger charge is 2.61. The van der Waals surface area contributed by atoms with Crippen molar-refractivity contribution in [2.45, 2.75) is 61.9 Å². The second-order valence-electron chi connectivity index (χ2n) is 8.76. The van der Waals surface area contributed by atoms with Crippen LogP contribution in [0, 0.1) is 11.3 Å². The van der Waals surface area contributed by atoms with E-state index in [9.17, 15) is 13.2 Å². The first-order valence-electron chi connectivity index (χ1n) is 10.1. The van der Waals surface area contributed by atoms with Gasteiger partial charge in [0.2, 0.25) is 15.9 Å². The van der Waals surface area contributed by atoms with Gasteiger partial charge in [0.25, 0.3) is 0 Å². The van der Waals surface area contributed by atoms with Crippen LogP contribution >= 0.6 is 0 Å². The number of carbonyl (C=O) groups is 1. The van der Waals surface area contributed by atoms with E-state index in [0.29, 0.717) is 11.5 Å². The van der Waals surface area contributed by atoms with Gasteiger partial charge in [-0.1, -0.05) is 18.6 Å². The molecule has 4 fully saturated rings. The Morgan fingerprint density at radius 3 is 2.37 bits per heavy atom. The summed E-state index contributed by atoms with van der Waals surface area (Å²) in [6, 6.07) is 7.29. The zero-order chi connectivity index (χ0) is 18.6. The Kier molecular flexibility index (Phi) is 3.99. The maximum absolute atomic E-state index is 12.7. The smallest absolute Gasteiger partial charge is 0.246 e. The molecule has 6 heteroatoms. The third-order valence-corrected chi connectivity index (χ3v) is 8.19. The molecular formula is C21H26N2O3S. The van der Waals surface area contributed by atoms with Crippen molar-refractivity contribution in [1.29, 1.82) is 0 Å². The van der Waals surface area contributed by atoms with Gasteiger partial charge in [-0.05, 0) is 68.2 Å². The normalized spacial score (nSPS) is 26.8. The summed E-state index contributed by atoms with van der Waals surface area (Å²) in [5.74, 6) is 0.816. The highest BCUT2D eigenvalue weighted by molar-refractivity contribution is 7.89. The Labute approximate surface area is 160 Å². The molecule has 0 bridgehead atoms. The van der Waals surface area contributed by atoms with E-state index in [1.54, 1.807) is 36.4 Å². The van der Waals surface area contributed by atoms with Gasteiger partial charge in [0, 0.05) is 30.1 Å². The summed E-state index contributed by atoms with van der Waals surface area (Å²) in [6.45, 7) is 0.918. The molecule has 1 heterocycles. The molecule has 144 valence electrons. The zero-order valence-electron chi connectivity index (χ0n) is 15.4. The quantitative estimate of drug-likeness (QED) is 0.765. The van der Waals surface area contributed by atoms with Crippen molar-refractivity contribution >= 4 is 22.0 Å². The Morgan fingerprint density at radius 2 is 1.81 bits per heavy atom. The van der Waals surface area contributed by atoms with Gasteiger partial charge in [-0.25, -0.2) is 13.1 Å². The molecule has 1 unspecified atom stereocenters. The third kappa shape index (κ3) is 3.23. The molecule has 5 rings (SSSR count). The molecule has 0 radical (unpaired) electrons. The largest absolute Gasteiger partial charge is 0.335 e. The lowest BCUT2D eigenvalue weighted by molar-refractivity contribution is -0.165. The minimum absolute atomic E-state index is 0.0940. The molecule has 1 atom stereocenters. The number of sulfonamides is 1. The summed E-state index contributed by atoms with van der Waals surface area (Å²) in [5, 5.41) is 0. The average molecular weight is 387 g/mol. The van der Waals surface area contributed by atoms with Crippen molar-refractivity contribution in [3.8, 4) is 0 Å². The fraction of sp³-hybridized carbons (Fsp3) is 0.571. The van der Waals surface area contributed by atoms with E-state index in [0.717, 1.165) is 30.9 Å². The van der Waals surface area contributed by atoms with Crippen LogP contribution in [0.5, 0.6) is 0 Å². The summed E-state index contributed by atoms with van der Waals surface area (Å²) in [7, 11) is -3.42. The minimum Gasteiger partial charge on any atom is -0.335 e. The predicted molar refractivity (Wildman–Crippen MR) is 103 cm³/mol. The number of nitrogens with one attached hydrogen (secondary N) is 1. The molecule has 1 aromatic carbocycles. The van der Waals surface area contributed by atoms with Crippen LogP contribution in [0.1, 0.15) is 50.5 Å². The maximum atomic E-state index is 12.7. The number of hydrogen-bond acceptors (Lipinski definition) is 3. The summed E-state index contributed by atoms with van der Waals surface area (Å²) in [6.07, 6.45) is 11.7. The van der Waals surface area contributed by atoms with Crippen molar-refractivity contribution in [3.05, 3.63) is 35.9 Å². The van der Waals surface area contributed by atoms with Crippen LogP contribution in [0.4, 0.5) is 0 Å². The van der Waals surface area contributed by atoms with Gasteiger partial charge in [0.05, 0.1) is 4.90 Å². The van der Waals surface area contributed by atoms with Crippen LogP contribution in [0.25, 0.3) is 6.08 Å². The molecule has 4 aliphatic rings. The lowest BCUT2D eigenvalue weighted by atomic mass is 9.56. The number of likely N-dealkylation sites (tertiary alicyclic amines) is 1. The van der Waals surface area contributed by atoms with E-state index in [1.165, 1.54) is 32.1 Å². The predicted octanol–water partition coefficient (Wildman–Crippen LogP) is 2.93. The van der Waals surface area contributed by atoms with E-state index < -0.39 is 10.0 Å². The van der Waals surface area contributed by atoms with Gasteiger partial charge in [0.1, 0.15) is 0 Å². The average Bonchev–Trinajstić information content (AvgIpc) is 3.48. The topological polar surface area (TPSA) is 66.5 Å². The molecule has 3 saturated carbocycles. The van der Waals surface area contributed by atoms with Crippen LogP contribution in [0.2, 0.25) is 0 Å². The van der Waals surface area contributed by atoms with Crippen LogP contribution in [0.15, 0.2) is 35.2 Å². The SMILES string of the molecule is O=C(/C=C/c1ccc(S(=O)(=O)NC2CC2)cc1)N1CC2(CCC2)C1C1CC1. The monoisotopic (exact) mass is 386 g/mol. The highest BCUT2D eigenvalue weighted by Crippen LogP contribution is 2.59. The van der Waals surface area contributed by atoms with Gasteiger partial charge >= 0.3 is 0 Å². The molecule has 1 N–H and O–H groups in total. The second-order valence-corrected chi connectivity index (χ2v) is 10.5. The summed E-state index contributed by atoms with van der Waals surface area (Å²) < 4.78 is 27.1. The van der Waals surface area contributed by atoms with Crippen LogP contribution in [0.3, 0.4) is 0 Å². The van der Waals surface area contributed by atoms with Crippen LogP contribution in [-0.4, -0.2) is 37.9 Å². The first-order chi connectivity index (χ1) is 13.0. The lowest BCUT2D eigenvalue weighted by Crippen LogP contribution is -2.69. The molecule has 27 heavy (non-hydrogen) atoms. The van der Waals surface area contributed by atoms with Gasteiger partial charge in [-0.2, -0.15) is 0 Å². The number of rotatable bonds is 6. The van der Waals surface area contributed by atoms with Crippen LogP contribution in [-0.2, 0) is 14.8 Å². The number of amides is 1. The first-order valence-corrected chi connectivity index (χ1v) is 11.6. The molecule has 1 saturated heterocycles. The molecule has 3 aliphatic carbocycles. The number of carbonyl (C=O) groups excluding carboxylic acids is 1. The Balaban J connectivity index is 1.23. The van der Waals surface area contributed by atoms with Crippen molar-refractivity contribution in [3.63, 3.8) is 0 Å². The fourth-order valence-corrected chi connectivity index (χ4v) is 6.03. The van der Waals surface area contributed by atoms with E-state index in [-0.39, 0.29) is 16.8 Å². The summed E-state index contributed by atoms with van der Waals surface area (Å²) >= 11 is 0. The van der Waals surface area contributed by atoms with Gasteiger partial charge in [-0.15, -0.1) is 0 Å². The summed E-state index contributed by atoms with van der Waals surface area (Å²) in [4.78, 5) is 15.0. The highest BCUT2D eigenvalue weighted by atomic mass is 32.2. The minimum atomic E-state index is -3.42.